The summed E-state index contributed by atoms with van der Waals surface area (Å²) in [5, 5.41) is 0. The van der Waals surface area contributed by atoms with E-state index < -0.39 is 0 Å². The Morgan fingerprint density at radius 3 is 2.84 bits per heavy atom. The fourth-order valence-electron chi connectivity index (χ4n) is 3.38. The van der Waals surface area contributed by atoms with Crippen molar-refractivity contribution in [2.75, 3.05) is 19.6 Å². The molecule has 2 atom stereocenters. The van der Waals surface area contributed by atoms with Crippen molar-refractivity contribution in [1.29, 1.82) is 0 Å². The fourth-order valence-corrected chi connectivity index (χ4v) is 3.38. The Morgan fingerprint density at radius 1 is 1.42 bits per heavy atom. The molecule has 19 heavy (non-hydrogen) atoms. The molecule has 1 saturated carbocycles. The van der Waals surface area contributed by atoms with Crippen LogP contribution in [0.1, 0.15) is 38.4 Å². The van der Waals surface area contributed by atoms with Gasteiger partial charge in [-0.2, -0.15) is 0 Å². The van der Waals surface area contributed by atoms with Crippen LogP contribution in [0.15, 0.2) is 12.4 Å². The van der Waals surface area contributed by atoms with Crippen LogP contribution in [-0.4, -0.2) is 40.1 Å². The molecule has 1 aromatic heterocycles. The van der Waals surface area contributed by atoms with E-state index in [-0.39, 0.29) is 0 Å². The lowest BCUT2D eigenvalue weighted by Crippen LogP contribution is -2.46. The first kappa shape index (κ1) is 14.5. The van der Waals surface area contributed by atoms with Crippen molar-refractivity contribution in [3.63, 3.8) is 0 Å². The van der Waals surface area contributed by atoms with Gasteiger partial charge in [-0.25, -0.2) is 4.98 Å². The van der Waals surface area contributed by atoms with Crippen LogP contribution in [-0.2, 0) is 6.54 Å². The van der Waals surface area contributed by atoms with Gasteiger partial charge in [-0.1, -0.05) is 19.8 Å². The Balaban J connectivity index is 1.93. The molecular formula is C15H28N4. The molecule has 0 spiro atoms. The van der Waals surface area contributed by atoms with E-state index in [4.69, 9.17) is 5.73 Å². The molecule has 2 N–H and O–H groups in total. The third-order valence-electron chi connectivity index (χ3n) is 4.60. The van der Waals surface area contributed by atoms with E-state index in [2.05, 4.69) is 34.5 Å². The van der Waals surface area contributed by atoms with Crippen molar-refractivity contribution >= 4 is 0 Å². The molecule has 0 aromatic carbocycles. The molecule has 108 valence electrons. The average Bonchev–Trinajstić information content (AvgIpc) is 2.85. The number of imidazole rings is 1. The number of nitrogens with two attached hydrogens (primary N) is 1. The normalized spacial score (nSPS) is 24.0. The highest BCUT2D eigenvalue weighted by molar-refractivity contribution is 4.89. The Bertz CT molecular complexity index is 374. The molecule has 1 fully saturated rings. The zero-order chi connectivity index (χ0) is 13.7. The molecule has 0 amide bonds. The summed E-state index contributed by atoms with van der Waals surface area (Å²) in [5.41, 5.74) is 5.96. The van der Waals surface area contributed by atoms with Gasteiger partial charge < -0.3 is 10.3 Å². The Labute approximate surface area is 117 Å². The SMILES string of the molecule is CCN(CCn1ccnc1C)C1CCCCC1CN. The molecule has 1 heterocycles. The van der Waals surface area contributed by atoms with Crippen LogP contribution >= 0.6 is 0 Å². The van der Waals surface area contributed by atoms with E-state index in [0.717, 1.165) is 32.0 Å². The second-order valence-electron chi connectivity index (χ2n) is 5.64. The van der Waals surface area contributed by atoms with Gasteiger partial charge in [0.1, 0.15) is 5.82 Å². The molecular weight excluding hydrogens is 236 g/mol. The van der Waals surface area contributed by atoms with Crippen molar-refractivity contribution in [2.45, 2.75) is 52.1 Å². The van der Waals surface area contributed by atoms with Crippen molar-refractivity contribution in [3.05, 3.63) is 18.2 Å². The highest BCUT2D eigenvalue weighted by atomic mass is 15.2. The number of aromatic nitrogens is 2. The van der Waals surface area contributed by atoms with Crippen LogP contribution in [0.2, 0.25) is 0 Å². The van der Waals surface area contributed by atoms with E-state index in [1.54, 1.807) is 0 Å². The van der Waals surface area contributed by atoms with Gasteiger partial charge in [0, 0.05) is 31.5 Å². The summed E-state index contributed by atoms with van der Waals surface area (Å²) in [6.07, 6.45) is 9.30. The number of nitrogens with zero attached hydrogens (tertiary/aromatic N) is 3. The van der Waals surface area contributed by atoms with E-state index in [0.29, 0.717) is 12.0 Å². The number of hydrogen-bond acceptors (Lipinski definition) is 3. The molecule has 0 bridgehead atoms. The molecule has 0 radical (unpaired) electrons. The number of hydrogen-bond donors (Lipinski definition) is 1. The third kappa shape index (κ3) is 3.57. The fraction of sp³-hybridized carbons (Fsp3) is 0.800. The van der Waals surface area contributed by atoms with Gasteiger partial charge in [0.15, 0.2) is 0 Å². The van der Waals surface area contributed by atoms with Crippen molar-refractivity contribution in [1.82, 2.24) is 14.5 Å². The molecule has 1 aliphatic carbocycles. The van der Waals surface area contributed by atoms with Gasteiger partial charge in [0.05, 0.1) is 0 Å². The highest BCUT2D eigenvalue weighted by Crippen LogP contribution is 2.27. The van der Waals surface area contributed by atoms with Crippen molar-refractivity contribution < 1.29 is 0 Å². The molecule has 4 nitrogen and oxygen atoms in total. The molecule has 4 heteroatoms. The largest absolute Gasteiger partial charge is 0.334 e. The molecule has 2 rings (SSSR count). The van der Waals surface area contributed by atoms with Gasteiger partial charge in [0.25, 0.3) is 0 Å². The van der Waals surface area contributed by atoms with Crippen LogP contribution in [0.4, 0.5) is 0 Å². The van der Waals surface area contributed by atoms with Crippen LogP contribution in [0.25, 0.3) is 0 Å². The second-order valence-corrected chi connectivity index (χ2v) is 5.64. The zero-order valence-electron chi connectivity index (χ0n) is 12.4. The minimum absolute atomic E-state index is 0.688. The summed E-state index contributed by atoms with van der Waals surface area (Å²) in [4.78, 5) is 6.91. The summed E-state index contributed by atoms with van der Waals surface area (Å²) in [7, 11) is 0. The third-order valence-corrected chi connectivity index (χ3v) is 4.60. The molecule has 1 aliphatic rings. The summed E-state index contributed by atoms with van der Waals surface area (Å²) < 4.78 is 2.24. The lowest BCUT2D eigenvalue weighted by Gasteiger charge is -2.39. The van der Waals surface area contributed by atoms with Gasteiger partial charge in [-0.05, 0) is 38.8 Å². The molecule has 2 unspecified atom stereocenters. The smallest absolute Gasteiger partial charge is 0.105 e. The average molecular weight is 264 g/mol. The molecule has 0 aliphatic heterocycles. The van der Waals surface area contributed by atoms with Gasteiger partial charge in [-0.3, -0.25) is 4.90 Å². The quantitative estimate of drug-likeness (QED) is 0.855. The molecule has 1 aromatic rings. The number of rotatable bonds is 6. The lowest BCUT2D eigenvalue weighted by molar-refractivity contribution is 0.108. The topological polar surface area (TPSA) is 47.1 Å². The molecule has 0 saturated heterocycles. The van der Waals surface area contributed by atoms with Gasteiger partial charge in [-0.15, -0.1) is 0 Å². The predicted octanol–water partition coefficient (Wildman–Crippen LogP) is 2.03. The van der Waals surface area contributed by atoms with E-state index >= 15 is 0 Å². The van der Waals surface area contributed by atoms with Crippen LogP contribution in [0.3, 0.4) is 0 Å². The minimum atomic E-state index is 0.688. The van der Waals surface area contributed by atoms with Crippen LogP contribution < -0.4 is 5.73 Å². The Morgan fingerprint density at radius 2 is 2.21 bits per heavy atom. The summed E-state index contributed by atoms with van der Waals surface area (Å²) in [6.45, 7) is 8.44. The maximum absolute atomic E-state index is 5.96. The van der Waals surface area contributed by atoms with Crippen LogP contribution in [0, 0.1) is 12.8 Å². The van der Waals surface area contributed by atoms with Gasteiger partial charge in [0.2, 0.25) is 0 Å². The minimum Gasteiger partial charge on any atom is -0.334 e. The van der Waals surface area contributed by atoms with Crippen molar-refractivity contribution in [3.8, 4) is 0 Å². The Hall–Kier alpha value is -0.870. The van der Waals surface area contributed by atoms with Crippen LogP contribution in [0.5, 0.6) is 0 Å². The van der Waals surface area contributed by atoms with Gasteiger partial charge >= 0.3 is 0 Å². The predicted molar refractivity (Wildman–Crippen MR) is 79.0 cm³/mol. The first-order valence-electron chi connectivity index (χ1n) is 7.68. The maximum atomic E-state index is 5.96. The zero-order valence-corrected chi connectivity index (χ0v) is 12.4. The monoisotopic (exact) mass is 264 g/mol. The summed E-state index contributed by atoms with van der Waals surface area (Å²) >= 11 is 0. The lowest BCUT2D eigenvalue weighted by atomic mass is 9.83. The van der Waals surface area contributed by atoms with E-state index in [1.807, 2.05) is 6.20 Å². The summed E-state index contributed by atoms with van der Waals surface area (Å²) in [5.74, 6) is 1.80. The van der Waals surface area contributed by atoms with Crippen molar-refractivity contribution in [2.24, 2.45) is 11.7 Å². The summed E-state index contributed by atoms with van der Waals surface area (Å²) in [6, 6.07) is 0.688. The second kappa shape index (κ2) is 7.06. The highest BCUT2D eigenvalue weighted by Gasteiger charge is 2.28. The maximum Gasteiger partial charge on any atom is 0.105 e. The first-order valence-corrected chi connectivity index (χ1v) is 7.68. The van der Waals surface area contributed by atoms with E-state index in [1.165, 1.54) is 25.7 Å². The van der Waals surface area contributed by atoms with E-state index in [9.17, 15) is 0 Å². The number of aryl methyl sites for hydroxylation is 1. The number of likely N-dealkylation sites (N-methyl/N-ethyl adjacent to an activating group) is 1. The first-order chi connectivity index (χ1) is 9.26. The standard InChI is InChI=1S/C15H28N4/c1-3-18(10-11-19-9-8-17-13(19)2)15-7-5-4-6-14(15)12-16/h8-9,14-15H,3-7,10-12,16H2,1-2H3. The Kier molecular flexibility index (Phi) is 5.40.